The number of esters is 1. The van der Waals surface area contributed by atoms with Gasteiger partial charge in [0.05, 0.1) is 18.4 Å². The number of hydrogen-bond acceptors (Lipinski definition) is 5. The van der Waals surface area contributed by atoms with Gasteiger partial charge in [-0.3, -0.25) is 0 Å². The first kappa shape index (κ1) is 11.7. The third-order valence-electron chi connectivity index (χ3n) is 2.34. The molecular formula is C12H9N3O3. The zero-order valence-corrected chi connectivity index (χ0v) is 9.49. The van der Waals surface area contributed by atoms with Gasteiger partial charge in [0, 0.05) is 6.07 Å². The van der Waals surface area contributed by atoms with E-state index in [9.17, 15) is 9.90 Å². The van der Waals surface area contributed by atoms with E-state index in [0.717, 1.165) is 0 Å². The lowest BCUT2D eigenvalue weighted by molar-refractivity contribution is 0.0601. The van der Waals surface area contributed by atoms with Gasteiger partial charge in [0.2, 0.25) is 5.88 Å². The van der Waals surface area contributed by atoms with Crippen LogP contribution in [0, 0.1) is 11.3 Å². The Kier molecular flexibility index (Phi) is 2.98. The number of nitrogens with zero attached hydrogens (tertiary/aromatic N) is 3. The van der Waals surface area contributed by atoms with Crippen LogP contribution in [0.4, 0.5) is 0 Å². The number of carbonyl (C=O) groups excluding carboxylic acids is 1. The molecule has 0 aliphatic rings. The molecule has 0 unspecified atom stereocenters. The molecule has 1 heterocycles. The van der Waals surface area contributed by atoms with Gasteiger partial charge in [-0.15, -0.1) is 0 Å². The van der Waals surface area contributed by atoms with Gasteiger partial charge >= 0.3 is 5.97 Å². The Morgan fingerprint density at radius 3 is 2.61 bits per heavy atom. The summed E-state index contributed by atoms with van der Waals surface area (Å²) in [5.41, 5.74) is 1.06. The Bertz CT molecular complexity index is 623. The molecule has 0 bridgehead atoms. The molecule has 0 aliphatic heterocycles. The van der Waals surface area contributed by atoms with Crippen molar-refractivity contribution in [1.29, 1.82) is 5.26 Å². The van der Waals surface area contributed by atoms with Crippen LogP contribution in [0.2, 0.25) is 0 Å². The van der Waals surface area contributed by atoms with E-state index in [1.165, 1.54) is 17.9 Å². The lowest BCUT2D eigenvalue weighted by atomic mass is 10.2. The van der Waals surface area contributed by atoms with Crippen molar-refractivity contribution in [2.45, 2.75) is 0 Å². The Hall–Kier alpha value is -2.81. The van der Waals surface area contributed by atoms with Gasteiger partial charge in [0.1, 0.15) is 6.07 Å². The molecule has 6 heteroatoms. The standard InChI is InChI=1S/C12H9N3O3/c1-18-12(17)8-2-4-10(5-3-8)15-11(16)6-9(7-13)14-15/h2-6,16H,1H3. The van der Waals surface area contributed by atoms with E-state index in [2.05, 4.69) is 9.84 Å². The maximum Gasteiger partial charge on any atom is 0.337 e. The number of rotatable bonds is 2. The molecule has 90 valence electrons. The summed E-state index contributed by atoms with van der Waals surface area (Å²) in [6, 6.07) is 9.38. The third kappa shape index (κ3) is 2.01. The quantitative estimate of drug-likeness (QED) is 0.801. The van der Waals surface area contributed by atoms with E-state index in [1.807, 2.05) is 6.07 Å². The molecule has 0 saturated heterocycles. The highest BCUT2D eigenvalue weighted by Gasteiger charge is 2.09. The minimum atomic E-state index is -0.441. The molecule has 0 atom stereocenters. The summed E-state index contributed by atoms with van der Waals surface area (Å²) in [7, 11) is 1.30. The highest BCUT2D eigenvalue weighted by atomic mass is 16.5. The summed E-state index contributed by atoms with van der Waals surface area (Å²) in [6.07, 6.45) is 0. The summed E-state index contributed by atoms with van der Waals surface area (Å²) >= 11 is 0. The maximum absolute atomic E-state index is 11.2. The van der Waals surface area contributed by atoms with Gasteiger partial charge in [-0.1, -0.05) is 0 Å². The van der Waals surface area contributed by atoms with Crippen LogP contribution < -0.4 is 0 Å². The van der Waals surface area contributed by atoms with Crippen LogP contribution in [0.15, 0.2) is 30.3 Å². The number of hydrogen-bond donors (Lipinski definition) is 1. The molecule has 0 aliphatic carbocycles. The molecule has 2 aromatic rings. The Morgan fingerprint density at radius 2 is 2.11 bits per heavy atom. The predicted molar refractivity (Wildman–Crippen MR) is 61.3 cm³/mol. The lowest BCUT2D eigenvalue weighted by Gasteiger charge is -2.04. The first-order chi connectivity index (χ1) is 8.65. The van der Waals surface area contributed by atoms with Crippen molar-refractivity contribution in [3.8, 4) is 17.6 Å². The number of aromatic nitrogens is 2. The molecule has 18 heavy (non-hydrogen) atoms. The van der Waals surface area contributed by atoms with Gasteiger partial charge in [-0.2, -0.15) is 15.0 Å². The largest absolute Gasteiger partial charge is 0.493 e. The Balaban J connectivity index is 2.37. The first-order valence-electron chi connectivity index (χ1n) is 5.03. The summed E-state index contributed by atoms with van der Waals surface area (Å²) in [5, 5.41) is 22.2. The van der Waals surface area contributed by atoms with Crippen LogP contribution in [0.5, 0.6) is 5.88 Å². The first-order valence-corrected chi connectivity index (χ1v) is 5.03. The van der Waals surface area contributed by atoms with Gasteiger partial charge in [-0.05, 0) is 24.3 Å². The number of methoxy groups -OCH3 is 1. The van der Waals surface area contributed by atoms with Gasteiger partial charge in [0.25, 0.3) is 0 Å². The fourth-order valence-electron chi connectivity index (χ4n) is 1.47. The molecule has 0 fully saturated rings. The Morgan fingerprint density at radius 1 is 1.44 bits per heavy atom. The fourth-order valence-corrected chi connectivity index (χ4v) is 1.47. The second kappa shape index (κ2) is 4.59. The molecule has 6 nitrogen and oxygen atoms in total. The average Bonchev–Trinajstić information content (AvgIpc) is 2.79. The SMILES string of the molecule is COC(=O)c1ccc(-n2nc(C#N)cc2O)cc1. The zero-order valence-electron chi connectivity index (χ0n) is 9.49. The number of carbonyl (C=O) groups is 1. The average molecular weight is 243 g/mol. The second-order valence-corrected chi connectivity index (χ2v) is 3.45. The van der Waals surface area contributed by atoms with Gasteiger partial charge in [0.15, 0.2) is 5.69 Å². The predicted octanol–water partition coefficient (Wildman–Crippen LogP) is 1.24. The van der Waals surface area contributed by atoms with Crippen molar-refractivity contribution >= 4 is 5.97 Å². The molecule has 1 aromatic heterocycles. The topological polar surface area (TPSA) is 88.1 Å². The minimum Gasteiger partial charge on any atom is -0.493 e. The van der Waals surface area contributed by atoms with Crippen molar-refractivity contribution in [3.63, 3.8) is 0 Å². The maximum atomic E-state index is 11.2. The zero-order chi connectivity index (χ0) is 13.1. The van der Waals surface area contributed by atoms with E-state index in [1.54, 1.807) is 24.3 Å². The minimum absolute atomic E-state index is 0.115. The van der Waals surface area contributed by atoms with E-state index >= 15 is 0 Å². The number of nitriles is 1. The molecule has 0 saturated carbocycles. The summed E-state index contributed by atoms with van der Waals surface area (Å²) in [5.74, 6) is -0.582. The highest BCUT2D eigenvalue weighted by Crippen LogP contribution is 2.18. The Labute approximate surface area is 103 Å². The van der Waals surface area contributed by atoms with Crippen LogP contribution in [-0.4, -0.2) is 28.0 Å². The van der Waals surface area contributed by atoms with Gasteiger partial charge < -0.3 is 9.84 Å². The van der Waals surface area contributed by atoms with Gasteiger partial charge in [-0.25, -0.2) is 4.79 Å². The fraction of sp³-hybridized carbons (Fsp3) is 0.0833. The van der Waals surface area contributed by atoms with Crippen molar-refractivity contribution in [2.75, 3.05) is 7.11 Å². The molecule has 0 amide bonds. The normalized spacial score (nSPS) is 9.78. The van der Waals surface area contributed by atoms with E-state index in [0.29, 0.717) is 11.3 Å². The second-order valence-electron chi connectivity index (χ2n) is 3.45. The molecule has 1 aromatic carbocycles. The van der Waals surface area contributed by atoms with Crippen molar-refractivity contribution < 1.29 is 14.6 Å². The molecule has 0 radical (unpaired) electrons. The molecule has 0 spiro atoms. The monoisotopic (exact) mass is 243 g/mol. The smallest absolute Gasteiger partial charge is 0.337 e. The van der Waals surface area contributed by atoms with Crippen molar-refractivity contribution in [3.05, 3.63) is 41.6 Å². The molecule has 1 N–H and O–H groups in total. The number of aromatic hydroxyl groups is 1. The molecule has 2 rings (SSSR count). The van der Waals surface area contributed by atoms with E-state index in [-0.39, 0.29) is 11.6 Å². The van der Waals surface area contributed by atoms with E-state index in [4.69, 9.17) is 5.26 Å². The van der Waals surface area contributed by atoms with Crippen LogP contribution in [0.25, 0.3) is 5.69 Å². The van der Waals surface area contributed by atoms with Crippen LogP contribution >= 0.6 is 0 Å². The lowest BCUT2D eigenvalue weighted by Crippen LogP contribution is -2.02. The summed E-state index contributed by atoms with van der Waals surface area (Å²) in [4.78, 5) is 11.2. The summed E-state index contributed by atoms with van der Waals surface area (Å²) < 4.78 is 5.78. The highest BCUT2D eigenvalue weighted by molar-refractivity contribution is 5.89. The van der Waals surface area contributed by atoms with Crippen LogP contribution in [-0.2, 0) is 4.74 Å². The number of ether oxygens (including phenoxy) is 1. The van der Waals surface area contributed by atoms with Crippen LogP contribution in [0.3, 0.4) is 0 Å². The van der Waals surface area contributed by atoms with Crippen LogP contribution in [0.1, 0.15) is 16.1 Å². The third-order valence-corrected chi connectivity index (χ3v) is 2.34. The van der Waals surface area contributed by atoms with Crippen molar-refractivity contribution in [2.24, 2.45) is 0 Å². The van der Waals surface area contributed by atoms with Crippen molar-refractivity contribution in [1.82, 2.24) is 9.78 Å². The molecular weight excluding hydrogens is 234 g/mol. The van der Waals surface area contributed by atoms with E-state index < -0.39 is 5.97 Å². The summed E-state index contributed by atoms with van der Waals surface area (Å²) in [6.45, 7) is 0. The number of benzene rings is 1.